The number of aliphatic carboxylic acids is 1. The van der Waals surface area contributed by atoms with Crippen molar-refractivity contribution in [1.29, 1.82) is 0 Å². The first kappa shape index (κ1) is 24.0. The highest BCUT2D eigenvalue weighted by molar-refractivity contribution is 6.01. The van der Waals surface area contributed by atoms with Gasteiger partial charge in [-0.2, -0.15) is 0 Å². The molecule has 0 saturated heterocycles. The molecule has 0 aliphatic carbocycles. The second kappa shape index (κ2) is 14.2. The zero-order chi connectivity index (χ0) is 19.1. The summed E-state index contributed by atoms with van der Waals surface area (Å²) in [4.78, 5) is 22.8. The van der Waals surface area contributed by atoms with Crippen LogP contribution >= 0.6 is 0 Å². The zero-order valence-electron chi connectivity index (χ0n) is 15.6. The molecule has 1 unspecified atom stereocenters. The molecule has 0 bridgehead atoms. The third-order valence-corrected chi connectivity index (χ3v) is 4.58. The highest BCUT2D eigenvalue weighted by atomic mass is 16.5. The van der Waals surface area contributed by atoms with Crippen LogP contribution in [0.15, 0.2) is 0 Å². The second-order valence-corrected chi connectivity index (χ2v) is 6.91. The van der Waals surface area contributed by atoms with E-state index in [1.54, 1.807) is 0 Å². The summed E-state index contributed by atoms with van der Waals surface area (Å²) in [5, 5.41) is 36.4. The van der Waals surface area contributed by atoms with Crippen molar-refractivity contribution in [2.75, 3.05) is 6.61 Å². The van der Waals surface area contributed by atoms with Crippen LogP contribution in [0.25, 0.3) is 0 Å². The van der Waals surface area contributed by atoms with Gasteiger partial charge in [0.15, 0.2) is 0 Å². The molecule has 25 heavy (non-hydrogen) atoms. The van der Waals surface area contributed by atoms with Crippen LogP contribution < -0.4 is 0 Å². The molecule has 0 aliphatic rings. The molecule has 0 heterocycles. The number of unbranched alkanes of at least 4 members (excludes halogenated alkanes) is 11. The molecule has 0 spiro atoms. The van der Waals surface area contributed by atoms with Gasteiger partial charge in [-0.3, -0.25) is 9.59 Å². The second-order valence-electron chi connectivity index (χ2n) is 6.91. The largest absolute Gasteiger partial charge is 0.481 e. The van der Waals surface area contributed by atoms with Gasteiger partial charge in [0.2, 0.25) is 11.6 Å². The van der Waals surface area contributed by atoms with Crippen molar-refractivity contribution in [3.8, 4) is 0 Å². The van der Waals surface area contributed by atoms with Gasteiger partial charge < -0.3 is 20.4 Å². The quantitative estimate of drug-likeness (QED) is 0.180. The highest BCUT2D eigenvalue weighted by Crippen LogP contribution is 2.19. The van der Waals surface area contributed by atoms with E-state index in [0.29, 0.717) is 6.42 Å². The smallest absolute Gasteiger partial charge is 0.314 e. The normalized spacial score (nSPS) is 13.0. The number of Topliss-reactive ketones (excluding diaryl/α,β-unsaturated/α-hetero) is 1. The third kappa shape index (κ3) is 11.3. The number of carboxylic acid groups (broad SMARTS) is 1. The summed E-state index contributed by atoms with van der Waals surface area (Å²) in [6.07, 6.45) is 13.7. The molecule has 0 aromatic heterocycles. The van der Waals surface area contributed by atoms with Gasteiger partial charge in [0.1, 0.15) is 12.5 Å². The number of hydrogen-bond acceptors (Lipinski definition) is 5. The van der Waals surface area contributed by atoms with Crippen molar-refractivity contribution in [2.24, 2.45) is 5.92 Å². The van der Waals surface area contributed by atoms with E-state index in [9.17, 15) is 19.8 Å². The molecule has 0 amide bonds. The van der Waals surface area contributed by atoms with Crippen LogP contribution in [0.1, 0.15) is 90.4 Å². The van der Waals surface area contributed by atoms with Crippen LogP contribution in [0, 0.1) is 5.92 Å². The SMILES string of the molecule is CCCCCCCCCCCCCCC(C(=O)O)C(=O)C(O)(O)CO. The van der Waals surface area contributed by atoms with Crippen LogP contribution in [0.3, 0.4) is 0 Å². The molecule has 0 aromatic rings. The van der Waals surface area contributed by atoms with Crippen molar-refractivity contribution < 1.29 is 30.0 Å². The number of carbonyl (C=O) groups is 2. The number of rotatable bonds is 17. The fourth-order valence-electron chi connectivity index (χ4n) is 2.91. The van der Waals surface area contributed by atoms with Gasteiger partial charge in [-0.05, 0) is 6.42 Å². The number of aliphatic hydroxyl groups is 3. The molecule has 0 fully saturated rings. The van der Waals surface area contributed by atoms with Crippen molar-refractivity contribution >= 4 is 11.8 Å². The number of aliphatic hydroxyl groups excluding tert-OH is 1. The van der Waals surface area contributed by atoms with Crippen LogP contribution in [0.5, 0.6) is 0 Å². The van der Waals surface area contributed by atoms with Crippen LogP contribution in [-0.2, 0) is 9.59 Å². The summed E-state index contributed by atoms with van der Waals surface area (Å²) in [5.41, 5.74) is 0. The fourth-order valence-corrected chi connectivity index (χ4v) is 2.91. The molecule has 0 rings (SSSR count). The Morgan fingerprint density at radius 1 is 0.800 bits per heavy atom. The van der Waals surface area contributed by atoms with Gasteiger partial charge in [0.05, 0.1) is 0 Å². The van der Waals surface area contributed by atoms with Crippen molar-refractivity contribution in [3.63, 3.8) is 0 Å². The summed E-state index contributed by atoms with van der Waals surface area (Å²) in [7, 11) is 0. The van der Waals surface area contributed by atoms with Gasteiger partial charge in [-0.1, -0.05) is 84.0 Å². The van der Waals surface area contributed by atoms with E-state index in [1.165, 1.54) is 51.4 Å². The lowest BCUT2D eigenvalue weighted by molar-refractivity contribution is -0.201. The Balaban J connectivity index is 3.74. The van der Waals surface area contributed by atoms with E-state index in [0.717, 1.165) is 19.3 Å². The Kier molecular flexibility index (Phi) is 13.7. The Hall–Kier alpha value is -0.980. The average Bonchev–Trinajstić information content (AvgIpc) is 2.58. The summed E-state index contributed by atoms with van der Waals surface area (Å²) in [6, 6.07) is 0. The van der Waals surface area contributed by atoms with Gasteiger partial charge in [0.25, 0.3) is 0 Å². The lowest BCUT2D eigenvalue weighted by Crippen LogP contribution is -2.47. The first-order chi connectivity index (χ1) is 11.9. The summed E-state index contributed by atoms with van der Waals surface area (Å²) in [6.45, 7) is 1.01. The molecule has 0 saturated carbocycles. The minimum atomic E-state index is -2.97. The minimum Gasteiger partial charge on any atom is -0.481 e. The number of carboxylic acids is 1. The Morgan fingerprint density at radius 2 is 1.20 bits per heavy atom. The fraction of sp³-hybridized carbons (Fsp3) is 0.895. The van der Waals surface area contributed by atoms with E-state index < -0.39 is 30.1 Å². The molecule has 148 valence electrons. The Labute approximate surface area is 151 Å². The Bertz CT molecular complexity index is 367. The van der Waals surface area contributed by atoms with E-state index in [4.69, 9.17) is 10.2 Å². The summed E-state index contributed by atoms with van der Waals surface area (Å²) in [5.74, 6) is -7.08. The maximum atomic E-state index is 11.7. The number of ketones is 1. The van der Waals surface area contributed by atoms with E-state index in [2.05, 4.69) is 6.92 Å². The first-order valence-electron chi connectivity index (χ1n) is 9.69. The molecule has 0 radical (unpaired) electrons. The standard InChI is InChI=1S/C19H36O6/c1-2-3-4-5-6-7-8-9-10-11-12-13-14-16(18(22)23)17(21)19(24,25)15-20/h16,20,24-25H,2-15H2,1H3,(H,22,23). The highest BCUT2D eigenvalue weighted by Gasteiger charge is 2.41. The molecule has 6 heteroatoms. The van der Waals surface area contributed by atoms with E-state index >= 15 is 0 Å². The zero-order valence-corrected chi connectivity index (χ0v) is 15.6. The van der Waals surface area contributed by atoms with Gasteiger partial charge >= 0.3 is 5.97 Å². The molecule has 0 aromatic carbocycles. The topological polar surface area (TPSA) is 115 Å². The molecular formula is C19H36O6. The lowest BCUT2D eigenvalue weighted by Gasteiger charge is -2.21. The summed E-state index contributed by atoms with van der Waals surface area (Å²) >= 11 is 0. The average molecular weight is 360 g/mol. The molecule has 0 aliphatic heterocycles. The van der Waals surface area contributed by atoms with Crippen molar-refractivity contribution in [3.05, 3.63) is 0 Å². The third-order valence-electron chi connectivity index (χ3n) is 4.58. The first-order valence-corrected chi connectivity index (χ1v) is 9.69. The Morgan fingerprint density at radius 3 is 1.56 bits per heavy atom. The molecule has 6 nitrogen and oxygen atoms in total. The monoisotopic (exact) mass is 360 g/mol. The van der Waals surface area contributed by atoms with E-state index in [-0.39, 0.29) is 6.42 Å². The molecule has 4 N–H and O–H groups in total. The predicted octanol–water partition coefficient (Wildman–Crippen LogP) is 3.02. The van der Waals surface area contributed by atoms with Crippen LogP contribution in [-0.4, -0.2) is 44.6 Å². The predicted molar refractivity (Wildman–Crippen MR) is 96.1 cm³/mol. The van der Waals surface area contributed by atoms with Gasteiger partial charge in [-0.25, -0.2) is 0 Å². The maximum Gasteiger partial charge on any atom is 0.314 e. The van der Waals surface area contributed by atoms with Gasteiger partial charge in [0, 0.05) is 0 Å². The van der Waals surface area contributed by atoms with Crippen molar-refractivity contribution in [1.82, 2.24) is 0 Å². The van der Waals surface area contributed by atoms with Crippen LogP contribution in [0.4, 0.5) is 0 Å². The number of hydrogen-bond donors (Lipinski definition) is 4. The molecular weight excluding hydrogens is 324 g/mol. The number of carbonyl (C=O) groups excluding carboxylic acids is 1. The lowest BCUT2D eigenvalue weighted by atomic mass is 9.92. The van der Waals surface area contributed by atoms with Crippen LogP contribution in [0.2, 0.25) is 0 Å². The molecule has 1 atom stereocenters. The van der Waals surface area contributed by atoms with Crippen molar-refractivity contribution in [2.45, 2.75) is 96.2 Å². The van der Waals surface area contributed by atoms with E-state index in [1.807, 2.05) is 0 Å². The summed E-state index contributed by atoms with van der Waals surface area (Å²) < 4.78 is 0. The van der Waals surface area contributed by atoms with Gasteiger partial charge in [-0.15, -0.1) is 0 Å². The minimum absolute atomic E-state index is 0.0640. The maximum absolute atomic E-state index is 11.7.